The Morgan fingerprint density at radius 2 is 2.11 bits per heavy atom. The molecule has 1 aliphatic heterocycles. The molecular formula is C20H18FN3O3. The minimum Gasteiger partial charge on any atom is -0.497 e. The van der Waals surface area contributed by atoms with Gasteiger partial charge in [0.15, 0.2) is 0 Å². The molecular weight excluding hydrogens is 349 g/mol. The number of carbonyl (C=O) groups is 1. The Bertz CT molecular complexity index is 1000. The van der Waals surface area contributed by atoms with E-state index in [1.165, 1.54) is 11.0 Å². The molecule has 0 aliphatic carbocycles. The molecule has 1 aliphatic rings. The summed E-state index contributed by atoms with van der Waals surface area (Å²) >= 11 is 0. The molecule has 138 valence electrons. The molecule has 1 atom stereocenters. The SMILES string of the molecule is COc1cccc(-c2noc(C3CC(=O)N(c4cc(C)ccc4F)C3)n2)c1. The van der Waals surface area contributed by atoms with Crippen molar-refractivity contribution in [3.8, 4) is 17.1 Å². The highest BCUT2D eigenvalue weighted by atomic mass is 19.1. The van der Waals surface area contributed by atoms with Crippen LogP contribution >= 0.6 is 0 Å². The lowest BCUT2D eigenvalue weighted by atomic mass is 10.1. The summed E-state index contributed by atoms with van der Waals surface area (Å²) in [5.74, 6) is 0.636. The molecule has 2 aromatic carbocycles. The molecule has 1 aromatic heterocycles. The molecule has 2 heterocycles. The van der Waals surface area contributed by atoms with Gasteiger partial charge in [-0.2, -0.15) is 4.98 Å². The number of amides is 1. The first-order valence-corrected chi connectivity index (χ1v) is 8.59. The number of hydrogen-bond acceptors (Lipinski definition) is 5. The number of methoxy groups -OCH3 is 1. The summed E-state index contributed by atoms with van der Waals surface area (Å²) < 4.78 is 24.8. The van der Waals surface area contributed by atoms with Crippen LogP contribution in [-0.4, -0.2) is 29.7 Å². The van der Waals surface area contributed by atoms with Gasteiger partial charge in [0.05, 0.1) is 18.7 Å². The van der Waals surface area contributed by atoms with E-state index in [0.29, 0.717) is 24.0 Å². The summed E-state index contributed by atoms with van der Waals surface area (Å²) in [6.45, 7) is 2.17. The number of nitrogens with zero attached hydrogens (tertiary/aromatic N) is 3. The highest BCUT2D eigenvalue weighted by molar-refractivity contribution is 5.96. The maximum absolute atomic E-state index is 14.2. The molecule has 0 saturated carbocycles. The van der Waals surface area contributed by atoms with Crippen molar-refractivity contribution in [3.63, 3.8) is 0 Å². The van der Waals surface area contributed by atoms with Gasteiger partial charge in [-0.05, 0) is 36.8 Å². The largest absolute Gasteiger partial charge is 0.497 e. The first-order valence-electron chi connectivity index (χ1n) is 8.59. The van der Waals surface area contributed by atoms with E-state index >= 15 is 0 Å². The van der Waals surface area contributed by atoms with Crippen LogP contribution in [0.15, 0.2) is 47.0 Å². The highest BCUT2D eigenvalue weighted by Crippen LogP contribution is 2.33. The number of anilines is 1. The molecule has 1 amide bonds. The van der Waals surface area contributed by atoms with Crippen LogP contribution in [0, 0.1) is 12.7 Å². The zero-order chi connectivity index (χ0) is 19.0. The van der Waals surface area contributed by atoms with Gasteiger partial charge in [0.25, 0.3) is 0 Å². The first kappa shape index (κ1) is 17.2. The Kier molecular flexibility index (Phi) is 4.35. The van der Waals surface area contributed by atoms with Crippen LogP contribution in [-0.2, 0) is 4.79 Å². The molecule has 6 nitrogen and oxygen atoms in total. The predicted molar refractivity (Wildman–Crippen MR) is 97.1 cm³/mol. The third-order valence-electron chi connectivity index (χ3n) is 4.64. The van der Waals surface area contributed by atoms with Crippen molar-refractivity contribution < 1.29 is 18.4 Å². The molecule has 0 spiro atoms. The van der Waals surface area contributed by atoms with Gasteiger partial charge in [0.2, 0.25) is 17.6 Å². The van der Waals surface area contributed by atoms with Gasteiger partial charge >= 0.3 is 0 Å². The zero-order valence-electron chi connectivity index (χ0n) is 15.0. The number of ether oxygens (including phenoxy) is 1. The van der Waals surface area contributed by atoms with Gasteiger partial charge in [-0.1, -0.05) is 23.4 Å². The predicted octanol–water partition coefficient (Wildman–Crippen LogP) is 3.71. The second-order valence-electron chi connectivity index (χ2n) is 6.55. The molecule has 3 aromatic rings. The zero-order valence-corrected chi connectivity index (χ0v) is 15.0. The van der Waals surface area contributed by atoms with Crippen molar-refractivity contribution in [3.05, 3.63) is 59.7 Å². The fourth-order valence-corrected chi connectivity index (χ4v) is 3.22. The van der Waals surface area contributed by atoms with Crippen LogP contribution < -0.4 is 9.64 Å². The lowest BCUT2D eigenvalue weighted by Gasteiger charge is -2.17. The van der Waals surface area contributed by atoms with Gasteiger partial charge in [0.1, 0.15) is 11.6 Å². The molecule has 27 heavy (non-hydrogen) atoms. The monoisotopic (exact) mass is 367 g/mol. The van der Waals surface area contributed by atoms with Crippen LogP contribution in [0.2, 0.25) is 0 Å². The number of aromatic nitrogens is 2. The van der Waals surface area contributed by atoms with Crippen molar-refractivity contribution in [2.24, 2.45) is 0 Å². The van der Waals surface area contributed by atoms with Crippen LogP contribution in [0.25, 0.3) is 11.4 Å². The Hall–Kier alpha value is -3.22. The molecule has 0 bridgehead atoms. The third kappa shape index (κ3) is 3.28. The van der Waals surface area contributed by atoms with E-state index in [1.54, 1.807) is 19.2 Å². The lowest BCUT2D eigenvalue weighted by molar-refractivity contribution is -0.117. The Balaban J connectivity index is 1.58. The van der Waals surface area contributed by atoms with Crippen LogP contribution in [0.5, 0.6) is 5.75 Å². The Morgan fingerprint density at radius 3 is 2.93 bits per heavy atom. The molecule has 1 saturated heterocycles. The number of benzene rings is 2. The molecule has 0 radical (unpaired) electrons. The van der Waals surface area contributed by atoms with E-state index in [9.17, 15) is 9.18 Å². The van der Waals surface area contributed by atoms with E-state index in [-0.39, 0.29) is 23.9 Å². The number of rotatable bonds is 4. The summed E-state index contributed by atoms with van der Waals surface area (Å²) in [5.41, 5.74) is 1.94. The van der Waals surface area contributed by atoms with E-state index in [0.717, 1.165) is 11.1 Å². The Labute approximate surface area is 155 Å². The average molecular weight is 367 g/mol. The highest BCUT2D eigenvalue weighted by Gasteiger charge is 2.36. The molecule has 4 rings (SSSR count). The van der Waals surface area contributed by atoms with E-state index < -0.39 is 5.82 Å². The van der Waals surface area contributed by atoms with Crippen LogP contribution in [0.1, 0.15) is 23.8 Å². The van der Waals surface area contributed by atoms with Gasteiger partial charge in [-0.3, -0.25) is 4.79 Å². The van der Waals surface area contributed by atoms with Crippen LogP contribution in [0.3, 0.4) is 0 Å². The fourth-order valence-electron chi connectivity index (χ4n) is 3.22. The summed E-state index contributed by atoms with van der Waals surface area (Å²) in [7, 11) is 1.59. The molecule has 0 N–H and O–H groups in total. The van der Waals surface area contributed by atoms with Crippen molar-refractivity contribution in [2.45, 2.75) is 19.3 Å². The number of hydrogen-bond donors (Lipinski definition) is 0. The van der Waals surface area contributed by atoms with E-state index in [1.807, 2.05) is 31.2 Å². The second-order valence-corrected chi connectivity index (χ2v) is 6.55. The van der Waals surface area contributed by atoms with Crippen molar-refractivity contribution >= 4 is 11.6 Å². The van der Waals surface area contributed by atoms with E-state index in [4.69, 9.17) is 9.26 Å². The van der Waals surface area contributed by atoms with E-state index in [2.05, 4.69) is 10.1 Å². The fraction of sp³-hybridized carbons (Fsp3) is 0.250. The van der Waals surface area contributed by atoms with Gasteiger partial charge in [0, 0.05) is 18.5 Å². The molecule has 1 unspecified atom stereocenters. The summed E-state index contributed by atoms with van der Waals surface area (Å²) in [5, 5.41) is 4.02. The summed E-state index contributed by atoms with van der Waals surface area (Å²) in [6, 6.07) is 12.0. The minimum absolute atomic E-state index is 0.161. The maximum Gasteiger partial charge on any atom is 0.232 e. The molecule has 7 heteroatoms. The maximum atomic E-state index is 14.2. The topological polar surface area (TPSA) is 68.5 Å². The average Bonchev–Trinajstić information content (AvgIpc) is 3.31. The number of aryl methyl sites for hydroxylation is 1. The molecule has 1 fully saturated rings. The van der Waals surface area contributed by atoms with Gasteiger partial charge in [-0.25, -0.2) is 4.39 Å². The van der Waals surface area contributed by atoms with Crippen molar-refractivity contribution in [1.82, 2.24) is 10.1 Å². The summed E-state index contributed by atoms with van der Waals surface area (Å²) in [4.78, 5) is 18.3. The summed E-state index contributed by atoms with van der Waals surface area (Å²) in [6.07, 6.45) is 0.202. The Morgan fingerprint density at radius 1 is 1.26 bits per heavy atom. The van der Waals surface area contributed by atoms with Crippen LogP contribution in [0.4, 0.5) is 10.1 Å². The quantitative estimate of drug-likeness (QED) is 0.703. The van der Waals surface area contributed by atoms with Crippen molar-refractivity contribution in [2.75, 3.05) is 18.6 Å². The first-order chi connectivity index (χ1) is 13.0. The standard InChI is InChI=1S/C20H18FN3O3/c1-12-6-7-16(21)17(8-12)24-11-14(10-18(24)25)20-22-19(23-27-20)13-4-3-5-15(9-13)26-2/h3-9,14H,10-11H2,1-2H3. The smallest absolute Gasteiger partial charge is 0.232 e. The lowest BCUT2D eigenvalue weighted by Crippen LogP contribution is -2.25. The minimum atomic E-state index is -0.419. The third-order valence-corrected chi connectivity index (χ3v) is 4.64. The number of halogens is 1. The van der Waals surface area contributed by atoms with Crippen molar-refractivity contribution in [1.29, 1.82) is 0 Å². The number of carbonyl (C=O) groups excluding carboxylic acids is 1. The normalized spacial score (nSPS) is 16.8. The second kappa shape index (κ2) is 6.83. The van der Waals surface area contributed by atoms with Gasteiger partial charge in [-0.15, -0.1) is 0 Å². The van der Waals surface area contributed by atoms with Gasteiger partial charge < -0.3 is 14.2 Å².